The Hall–Kier alpha value is -2.98. The summed E-state index contributed by atoms with van der Waals surface area (Å²) >= 11 is 1.04. The summed E-state index contributed by atoms with van der Waals surface area (Å²) in [6.07, 6.45) is -0.159. The van der Waals surface area contributed by atoms with Crippen LogP contribution in [0.15, 0.2) is 69.6 Å². The maximum atomic E-state index is 13.0. The molecule has 33 heavy (non-hydrogen) atoms. The Bertz CT molecular complexity index is 1180. The molecule has 1 fully saturated rings. The van der Waals surface area contributed by atoms with Crippen LogP contribution in [0.3, 0.4) is 0 Å². The standard InChI is InChI=1S/C23H21F3N2O4S/c1-14-12-16(4-9-20(14)31-13-19(29)15-2-3-15)28-11-10-27-21(22(28)30)33-18-7-5-17(6-8-18)32-23(24,25)26/h4-12,15,19,29H,2-3,13H2,1H3. The summed E-state index contributed by atoms with van der Waals surface area (Å²) in [7, 11) is 0. The van der Waals surface area contributed by atoms with E-state index >= 15 is 0 Å². The first kappa shape index (κ1) is 23.2. The summed E-state index contributed by atoms with van der Waals surface area (Å²) in [5, 5.41) is 10.2. The molecule has 1 saturated carbocycles. The minimum absolute atomic E-state index is 0.174. The molecule has 10 heteroatoms. The summed E-state index contributed by atoms with van der Waals surface area (Å²) in [6.45, 7) is 2.09. The molecule has 1 aromatic heterocycles. The van der Waals surface area contributed by atoms with Crippen LogP contribution in [-0.2, 0) is 0 Å². The Morgan fingerprint density at radius 3 is 2.58 bits per heavy atom. The van der Waals surface area contributed by atoms with Gasteiger partial charge < -0.3 is 14.6 Å². The Morgan fingerprint density at radius 1 is 1.21 bits per heavy atom. The van der Waals surface area contributed by atoms with E-state index in [2.05, 4.69) is 9.72 Å². The van der Waals surface area contributed by atoms with Gasteiger partial charge in [0.05, 0.1) is 6.10 Å². The van der Waals surface area contributed by atoms with Gasteiger partial charge in [-0.25, -0.2) is 4.98 Å². The zero-order valence-electron chi connectivity index (χ0n) is 17.6. The molecule has 6 nitrogen and oxygen atoms in total. The van der Waals surface area contributed by atoms with Gasteiger partial charge in [0.15, 0.2) is 5.03 Å². The van der Waals surface area contributed by atoms with E-state index in [1.807, 2.05) is 6.92 Å². The lowest BCUT2D eigenvalue weighted by Gasteiger charge is -2.15. The molecule has 1 atom stereocenters. The van der Waals surface area contributed by atoms with Crippen molar-refractivity contribution < 1.29 is 27.8 Å². The average molecular weight is 478 g/mol. The molecule has 0 radical (unpaired) electrons. The molecule has 0 saturated heterocycles. The molecule has 3 aromatic rings. The van der Waals surface area contributed by atoms with Crippen molar-refractivity contribution in [2.75, 3.05) is 6.61 Å². The molecule has 0 amide bonds. The third kappa shape index (κ3) is 6.08. The average Bonchev–Trinajstić information content (AvgIpc) is 3.60. The zero-order valence-corrected chi connectivity index (χ0v) is 18.4. The van der Waals surface area contributed by atoms with Crippen molar-refractivity contribution in [3.63, 3.8) is 0 Å². The highest BCUT2D eigenvalue weighted by Gasteiger charge is 2.31. The number of halogens is 3. The molecular weight excluding hydrogens is 457 g/mol. The van der Waals surface area contributed by atoms with Crippen LogP contribution in [-0.4, -0.2) is 33.7 Å². The largest absolute Gasteiger partial charge is 0.573 e. The van der Waals surface area contributed by atoms with E-state index in [0.29, 0.717) is 22.3 Å². The summed E-state index contributed by atoms with van der Waals surface area (Å²) in [5.41, 5.74) is 1.06. The number of benzene rings is 2. The molecule has 4 rings (SSSR count). The lowest BCUT2D eigenvalue weighted by molar-refractivity contribution is -0.274. The first-order chi connectivity index (χ1) is 15.7. The molecule has 1 aliphatic carbocycles. The molecule has 0 aliphatic heterocycles. The molecule has 0 spiro atoms. The van der Waals surface area contributed by atoms with E-state index in [9.17, 15) is 23.1 Å². The Balaban J connectivity index is 1.48. The van der Waals surface area contributed by atoms with Crippen LogP contribution in [0.5, 0.6) is 11.5 Å². The maximum Gasteiger partial charge on any atom is 0.573 e. The lowest BCUT2D eigenvalue weighted by atomic mass is 10.2. The minimum atomic E-state index is -4.76. The number of alkyl halides is 3. The third-order valence-electron chi connectivity index (χ3n) is 5.09. The molecular formula is C23H21F3N2O4S. The Labute approximate surface area is 192 Å². The van der Waals surface area contributed by atoms with Gasteiger partial charge in [-0.05, 0) is 73.7 Å². The SMILES string of the molecule is Cc1cc(-n2ccnc(Sc3ccc(OC(F)(F)F)cc3)c2=O)ccc1OCC(O)C1CC1. The zero-order chi connectivity index (χ0) is 23.6. The highest BCUT2D eigenvalue weighted by atomic mass is 32.2. The van der Waals surface area contributed by atoms with E-state index in [0.717, 1.165) is 30.2 Å². The molecule has 2 aromatic carbocycles. The topological polar surface area (TPSA) is 73.6 Å². The molecule has 0 bridgehead atoms. The number of aliphatic hydroxyl groups is 1. The summed E-state index contributed by atoms with van der Waals surface area (Å²) in [6, 6.07) is 10.5. The normalized spacial score (nSPS) is 14.7. The monoisotopic (exact) mass is 478 g/mol. The van der Waals surface area contributed by atoms with Gasteiger partial charge in [0.1, 0.15) is 18.1 Å². The first-order valence-electron chi connectivity index (χ1n) is 10.2. The van der Waals surface area contributed by atoms with E-state index in [1.165, 1.54) is 35.0 Å². The third-order valence-corrected chi connectivity index (χ3v) is 6.07. The highest BCUT2D eigenvalue weighted by Crippen LogP contribution is 2.33. The van der Waals surface area contributed by atoms with Gasteiger partial charge in [-0.3, -0.25) is 9.36 Å². The fourth-order valence-corrected chi connectivity index (χ4v) is 4.02. The molecule has 1 aliphatic rings. The number of rotatable bonds is 8. The molecule has 1 unspecified atom stereocenters. The van der Waals surface area contributed by atoms with Gasteiger partial charge in [-0.2, -0.15) is 0 Å². The maximum absolute atomic E-state index is 13.0. The second kappa shape index (κ2) is 9.48. The van der Waals surface area contributed by atoms with E-state index < -0.39 is 12.5 Å². The Morgan fingerprint density at radius 2 is 1.94 bits per heavy atom. The molecule has 174 valence electrons. The predicted octanol–water partition coefficient (Wildman–Crippen LogP) is 4.74. The van der Waals surface area contributed by atoms with Crippen molar-refractivity contribution in [2.45, 2.75) is 42.2 Å². The molecule has 1 heterocycles. The fourth-order valence-electron chi connectivity index (χ4n) is 3.23. The number of hydrogen-bond acceptors (Lipinski definition) is 6. The first-order valence-corrected chi connectivity index (χ1v) is 11.0. The van der Waals surface area contributed by atoms with Gasteiger partial charge in [-0.15, -0.1) is 13.2 Å². The summed E-state index contributed by atoms with van der Waals surface area (Å²) in [5.74, 6) is 0.619. The van der Waals surface area contributed by atoms with Gasteiger partial charge in [0, 0.05) is 23.0 Å². The predicted molar refractivity (Wildman–Crippen MR) is 116 cm³/mol. The van der Waals surface area contributed by atoms with Crippen LogP contribution in [0.25, 0.3) is 5.69 Å². The molecule has 1 N–H and O–H groups in total. The van der Waals surface area contributed by atoms with Crippen molar-refractivity contribution in [1.29, 1.82) is 0 Å². The van der Waals surface area contributed by atoms with E-state index in [-0.39, 0.29) is 22.9 Å². The highest BCUT2D eigenvalue weighted by molar-refractivity contribution is 7.99. The van der Waals surface area contributed by atoms with Crippen molar-refractivity contribution in [2.24, 2.45) is 5.92 Å². The summed E-state index contributed by atoms with van der Waals surface area (Å²) in [4.78, 5) is 17.6. The van der Waals surface area contributed by atoms with Crippen LogP contribution in [0, 0.1) is 12.8 Å². The number of aryl methyl sites for hydroxylation is 1. The second-order valence-corrected chi connectivity index (χ2v) is 8.76. The quantitative estimate of drug-likeness (QED) is 0.504. The van der Waals surface area contributed by atoms with Crippen LogP contribution in [0.4, 0.5) is 13.2 Å². The van der Waals surface area contributed by atoms with Crippen molar-refractivity contribution in [3.05, 3.63) is 70.8 Å². The number of aliphatic hydroxyl groups excluding tert-OH is 1. The van der Waals surface area contributed by atoms with Gasteiger partial charge in [0.25, 0.3) is 5.56 Å². The van der Waals surface area contributed by atoms with Gasteiger partial charge in [-0.1, -0.05) is 11.8 Å². The van der Waals surface area contributed by atoms with Crippen molar-refractivity contribution in [3.8, 4) is 17.2 Å². The van der Waals surface area contributed by atoms with E-state index in [4.69, 9.17) is 4.74 Å². The van der Waals surface area contributed by atoms with Gasteiger partial charge in [0.2, 0.25) is 0 Å². The number of nitrogens with zero attached hydrogens (tertiary/aromatic N) is 2. The number of hydrogen-bond donors (Lipinski definition) is 1. The van der Waals surface area contributed by atoms with Crippen molar-refractivity contribution >= 4 is 11.8 Å². The van der Waals surface area contributed by atoms with Crippen LogP contribution >= 0.6 is 11.8 Å². The van der Waals surface area contributed by atoms with Gasteiger partial charge >= 0.3 is 6.36 Å². The smallest absolute Gasteiger partial charge is 0.491 e. The minimum Gasteiger partial charge on any atom is -0.491 e. The van der Waals surface area contributed by atoms with Crippen LogP contribution < -0.4 is 15.0 Å². The lowest BCUT2D eigenvalue weighted by Crippen LogP contribution is -2.21. The van der Waals surface area contributed by atoms with E-state index in [1.54, 1.807) is 24.4 Å². The second-order valence-electron chi connectivity index (χ2n) is 7.69. The fraction of sp³-hybridized carbons (Fsp3) is 0.304. The van der Waals surface area contributed by atoms with Crippen LogP contribution in [0.2, 0.25) is 0 Å². The van der Waals surface area contributed by atoms with Crippen molar-refractivity contribution in [1.82, 2.24) is 9.55 Å². The van der Waals surface area contributed by atoms with Crippen LogP contribution in [0.1, 0.15) is 18.4 Å². The Kier molecular flexibility index (Phi) is 6.66. The summed E-state index contributed by atoms with van der Waals surface area (Å²) < 4.78 is 48.0. The number of ether oxygens (including phenoxy) is 2. The number of aromatic nitrogens is 2.